The Morgan fingerprint density at radius 1 is 1.45 bits per heavy atom. The molecule has 0 unspecified atom stereocenters. The number of hydrazine groups is 1. The normalized spacial score (nSPS) is 15.9. The zero-order valence-electron chi connectivity index (χ0n) is 10.9. The molecule has 0 saturated heterocycles. The van der Waals surface area contributed by atoms with E-state index in [1.807, 2.05) is 0 Å². The molecule has 1 aliphatic carbocycles. The molecule has 1 fully saturated rings. The third kappa shape index (κ3) is 2.47. The second kappa shape index (κ2) is 5.35. The minimum Gasteiger partial charge on any atom is -0.318 e. The Hall–Kier alpha value is -1.71. The summed E-state index contributed by atoms with van der Waals surface area (Å²) in [6.07, 6.45) is 2.64. The van der Waals surface area contributed by atoms with Gasteiger partial charge in [0.2, 0.25) is 10.0 Å². The molecule has 2 rings (SSSR count). The SMILES string of the molecule is CN(C1CCC1)S(=O)(=O)c1ccc(NN)c([N+](=O)[O-])c1. The fraction of sp³-hybridized carbons (Fsp3) is 0.455. The van der Waals surface area contributed by atoms with Gasteiger partial charge in [0.05, 0.1) is 9.82 Å². The molecule has 1 aromatic carbocycles. The van der Waals surface area contributed by atoms with Crippen LogP contribution in [0, 0.1) is 10.1 Å². The van der Waals surface area contributed by atoms with Crippen molar-refractivity contribution in [2.75, 3.05) is 12.5 Å². The summed E-state index contributed by atoms with van der Waals surface area (Å²) in [4.78, 5) is 10.2. The van der Waals surface area contributed by atoms with Crippen molar-refractivity contribution >= 4 is 21.4 Å². The van der Waals surface area contributed by atoms with Gasteiger partial charge in [-0.25, -0.2) is 8.42 Å². The van der Waals surface area contributed by atoms with Crippen LogP contribution in [-0.2, 0) is 10.0 Å². The van der Waals surface area contributed by atoms with Crippen LogP contribution in [0.15, 0.2) is 23.1 Å². The van der Waals surface area contributed by atoms with Gasteiger partial charge in [0.25, 0.3) is 5.69 Å². The number of rotatable bonds is 5. The lowest BCUT2D eigenvalue weighted by atomic mass is 9.94. The molecule has 1 aromatic rings. The molecular formula is C11H16N4O4S. The summed E-state index contributed by atoms with van der Waals surface area (Å²) in [7, 11) is -2.22. The number of nitrogens with zero attached hydrogens (tertiary/aromatic N) is 2. The number of nitrogen functional groups attached to an aromatic ring is 1. The van der Waals surface area contributed by atoms with E-state index in [-0.39, 0.29) is 22.3 Å². The van der Waals surface area contributed by atoms with Crippen molar-refractivity contribution < 1.29 is 13.3 Å². The number of sulfonamides is 1. The number of hydrogen-bond acceptors (Lipinski definition) is 6. The van der Waals surface area contributed by atoms with Crippen LogP contribution in [0.2, 0.25) is 0 Å². The van der Waals surface area contributed by atoms with Gasteiger partial charge in [-0.15, -0.1) is 0 Å². The summed E-state index contributed by atoms with van der Waals surface area (Å²) in [6.45, 7) is 0. The van der Waals surface area contributed by atoms with Gasteiger partial charge in [-0.3, -0.25) is 16.0 Å². The van der Waals surface area contributed by atoms with E-state index < -0.39 is 14.9 Å². The van der Waals surface area contributed by atoms with E-state index >= 15 is 0 Å². The quantitative estimate of drug-likeness (QED) is 0.476. The highest BCUT2D eigenvalue weighted by Gasteiger charge is 2.32. The van der Waals surface area contributed by atoms with E-state index in [0.29, 0.717) is 0 Å². The number of nitrogens with two attached hydrogens (primary N) is 1. The summed E-state index contributed by atoms with van der Waals surface area (Å²) < 4.78 is 26.1. The van der Waals surface area contributed by atoms with E-state index in [2.05, 4.69) is 5.43 Å². The molecule has 9 heteroatoms. The van der Waals surface area contributed by atoms with Crippen LogP contribution in [0.25, 0.3) is 0 Å². The predicted molar refractivity (Wildman–Crippen MR) is 73.5 cm³/mol. The van der Waals surface area contributed by atoms with Crippen molar-refractivity contribution in [3.63, 3.8) is 0 Å². The minimum atomic E-state index is -3.72. The summed E-state index contributed by atoms with van der Waals surface area (Å²) in [6, 6.07) is 3.61. The molecule has 0 aromatic heterocycles. The molecule has 1 saturated carbocycles. The fourth-order valence-electron chi connectivity index (χ4n) is 2.06. The van der Waals surface area contributed by atoms with Crippen molar-refractivity contribution in [3.05, 3.63) is 28.3 Å². The second-order valence-electron chi connectivity index (χ2n) is 4.69. The third-order valence-electron chi connectivity index (χ3n) is 3.59. The van der Waals surface area contributed by atoms with E-state index in [0.717, 1.165) is 25.3 Å². The molecule has 0 bridgehead atoms. The molecule has 110 valence electrons. The van der Waals surface area contributed by atoms with Gasteiger partial charge in [-0.1, -0.05) is 6.42 Å². The highest BCUT2D eigenvalue weighted by Crippen LogP contribution is 2.31. The van der Waals surface area contributed by atoms with Crippen LogP contribution >= 0.6 is 0 Å². The second-order valence-corrected chi connectivity index (χ2v) is 6.68. The smallest absolute Gasteiger partial charge is 0.294 e. The van der Waals surface area contributed by atoms with Crippen molar-refractivity contribution in [2.24, 2.45) is 5.84 Å². The molecule has 1 aliphatic rings. The summed E-state index contributed by atoms with van der Waals surface area (Å²) in [5.74, 6) is 5.17. The Bertz CT molecular complexity index is 627. The average molecular weight is 300 g/mol. The highest BCUT2D eigenvalue weighted by molar-refractivity contribution is 7.89. The highest BCUT2D eigenvalue weighted by atomic mass is 32.2. The number of nitro benzene ring substituents is 1. The lowest BCUT2D eigenvalue weighted by molar-refractivity contribution is -0.384. The maximum absolute atomic E-state index is 12.4. The Balaban J connectivity index is 2.41. The van der Waals surface area contributed by atoms with Gasteiger partial charge < -0.3 is 5.43 Å². The van der Waals surface area contributed by atoms with Gasteiger partial charge in [-0.2, -0.15) is 4.31 Å². The Morgan fingerprint density at radius 2 is 2.10 bits per heavy atom. The zero-order valence-corrected chi connectivity index (χ0v) is 11.8. The lowest BCUT2D eigenvalue weighted by Gasteiger charge is -2.33. The number of nitro groups is 1. The molecule has 0 aliphatic heterocycles. The van der Waals surface area contributed by atoms with Gasteiger partial charge in [0.1, 0.15) is 5.69 Å². The first-order chi connectivity index (χ1) is 9.37. The largest absolute Gasteiger partial charge is 0.318 e. The van der Waals surface area contributed by atoms with Crippen molar-refractivity contribution in [1.29, 1.82) is 0 Å². The van der Waals surface area contributed by atoms with Crippen LogP contribution in [0.3, 0.4) is 0 Å². The minimum absolute atomic E-state index is 0.0219. The molecule has 0 amide bonds. The first-order valence-electron chi connectivity index (χ1n) is 6.11. The lowest BCUT2D eigenvalue weighted by Crippen LogP contribution is -2.41. The number of nitrogens with one attached hydrogen (secondary N) is 1. The first-order valence-corrected chi connectivity index (χ1v) is 7.55. The maximum atomic E-state index is 12.4. The molecule has 0 atom stereocenters. The van der Waals surface area contributed by atoms with E-state index in [1.54, 1.807) is 0 Å². The Labute approximate surface area is 116 Å². The van der Waals surface area contributed by atoms with Crippen LogP contribution in [-0.4, -0.2) is 30.7 Å². The number of benzene rings is 1. The van der Waals surface area contributed by atoms with Crippen LogP contribution in [0.1, 0.15) is 19.3 Å². The first kappa shape index (κ1) is 14.7. The van der Waals surface area contributed by atoms with Gasteiger partial charge in [0, 0.05) is 19.2 Å². The predicted octanol–water partition coefficient (Wildman–Crippen LogP) is 1.05. The maximum Gasteiger partial charge on any atom is 0.294 e. The van der Waals surface area contributed by atoms with Crippen LogP contribution in [0.4, 0.5) is 11.4 Å². The monoisotopic (exact) mass is 300 g/mol. The topological polar surface area (TPSA) is 119 Å². The molecule has 20 heavy (non-hydrogen) atoms. The van der Waals surface area contributed by atoms with E-state index in [1.165, 1.54) is 23.5 Å². The summed E-state index contributed by atoms with van der Waals surface area (Å²) >= 11 is 0. The Kier molecular flexibility index (Phi) is 3.93. The van der Waals surface area contributed by atoms with Crippen LogP contribution < -0.4 is 11.3 Å². The zero-order chi connectivity index (χ0) is 14.9. The van der Waals surface area contributed by atoms with Crippen molar-refractivity contribution in [3.8, 4) is 0 Å². The average Bonchev–Trinajstić information content (AvgIpc) is 2.35. The number of anilines is 1. The Morgan fingerprint density at radius 3 is 2.55 bits per heavy atom. The molecule has 3 N–H and O–H groups in total. The number of hydrogen-bond donors (Lipinski definition) is 2. The van der Waals surface area contributed by atoms with E-state index in [4.69, 9.17) is 5.84 Å². The summed E-state index contributed by atoms with van der Waals surface area (Å²) in [5.41, 5.74) is 1.88. The molecule has 0 heterocycles. The third-order valence-corrected chi connectivity index (χ3v) is 5.49. The van der Waals surface area contributed by atoms with Crippen molar-refractivity contribution in [2.45, 2.75) is 30.2 Å². The summed E-state index contributed by atoms with van der Waals surface area (Å²) in [5, 5.41) is 10.9. The van der Waals surface area contributed by atoms with Gasteiger partial charge in [0.15, 0.2) is 0 Å². The van der Waals surface area contributed by atoms with Crippen LogP contribution in [0.5, 0.6) is 0 Å². The molecular weight excluding hydrogens is 284 g/mol. The molecule has 0 radical (unpaired) electrons. The van der Waals surface area contributed by atoms with E-state index in [9.17, 15) is 18.5 Å². The van der Waals surface area contributed by atoms with Crippen molar-refractivity contribution in [1.82, 2.24) is 4.31 Å². The fourth-order valence-corrected chi connectivity index (χ4v) is 3.49. The standard InChI is InChI=1S/C11H16N4O4S/c1-14(8-3-2-4-8)20(18,19)9-5-6-10(13-12)11(7-9)15(16)17/h5-8,13H,2-4,12H2,1H3. The molecule has 0 spiro atoms. The van der Waals surface area contributed by atoms with Gasteiger partial charge >= 0.3 is 0 Å². The van der Waals surface area contributed by atoms with Gasteiger partial charge in [-0.05, 0) is 25.0 Å². The molecule has 8 nitrogen and oxygen atoms in total.